The van der Waals surface area contributed by atoms with Crippen molar-refractivity contribution in [2.75, 3.05) is 18.5 Å². The van der Waals surface area contributed by atoms with E-state index in [4.69, 9.17) is 4.74 Å². The van der Waals surface area contributed by atoms with Gasteiger partial charge in [0, 0.05) is 25.2 Å². The fourth-order valence-electron chi connectivity index (χ4n) is 3.09. The molecule has 3 rings (SSSR count). The second-order valence-electron chi connectivity index (χ2n) is 7.18. The van der Waals surface area contributed by atoms with Crippen LogP contribution in [-0.2, 0) is 25.7 Å². The standard InChI is InChI=1S/C22H24N2O4/c1-15-3-7-17(8-4-15)12-24-13-18(11-21(24)26)22(27)28-14-20(25)23-19-9-5-16(2)6-10-19/h3-10,18H,11-14H2,1-2H3,(H,23,25)/t18-/m1/s1. The predicted molar refractivity (Wildman–Crippen MR) is 105 cm³/mol. The Hall–Kier alpha value is -3.15. The van der Waals surface area contributed by atoms with Crippen molar-refractivity contribution in [3.8, 4) is 0 Å². The third kappa shape index (κ3) is 5.19. The maximum Gasteiger partial charge on any atom is 0.311 e. The first-order valence-corrected chi connectivity index (χ1v) is 9.27. The highest BCUT2D eigenvalue weighted by Crippen LogP contribution is 2.21. The van der Waals surface area contributed by atoms with Crippen LogP contribution in [-0.4, -0.2) is 35.8 Å². The molecule has 1 heterocycles. The van der Waals surface area contributed by atoms with Gasteiger partial charge in [-0.2, -0.15) is 0 Å². The van der Waals surface area contributed by atoms with Crippen LogP contribution in [0.4, 0.5) is 5.69 Å². The molecule has 0 radical (unpaired) electrons. The average Bonchev–Trinajstić information content (AvgIpc) is 3.04. The fourth-order valence-corrected chi connectivity index (χ4v) is 3.09. The lowest BCUT2D eigenvalue weighted by Crippen LogP contribution is -2.28. The third-order valence-electron chi connectivity index (χ3n) is 4.72. The first kappa shape index (κ1) is 19.6. The molecule has 6 nitrogen and oxygen atoms in total. The molecule has 0 aliphatic carbocycles. The van der Waals surface area contributed by atoms with Gasteiger partial charge in [-0.15, -0.1) is 0 Å². The molecule has 1 aliphatic rings. The molecule has 1 N–H and O–H groups in total. The first-order chi connectivity index (χ1) is 13.4. The number of ether oxygens (including phenoxy) is 1. The minimum atomic E-state index is -0.537. The molecule has 0 spiro atoms. The summed E-state index contributed by atoms with van der Waals surface area (Å²) < 4.78 is 5.12. The van der Waals surface area contributed by atoms with Crippen molar-refractivity contribution in [3.05, 3.63) is 65.2 Å². The third-order valence-corrected chi connectivity index (χ3v) is 4.72. The summed E-state index contributed by atoms with van der Waals surface area (Å²) >= 11 is 0. The van der Waals surface area contributed by atoms with Gasteiger partial charge in [-0.1, -0.05) is 47.5 Å². The van der Waals surface area contributed by atoms with E-state index in [0.29, 0.717) is 18.8 Å². The predicted octanol–water partition coefficient (Wildman–Crippen LogP) is 2.83. The molecule has 2 amide bonds. The molecule has 0 unspecified atom stereocenters. The lowest BCUT2D eigenvalue weighted by atomic mass is 10.1. The molecule has 2 aromatic carbocycles. The van der Waals surface area contributed by atoms with E-state index in [2.05, 4.69) is 5.32 Å². The van der Waals surface area contributed by atoms with Crippen LogP contribution in [0.1, 0.15) is 23.1 Å². The monoisotopic (exact) mass is 380 g/mol. The van der Waals surface area contributed by atoms with E-state index in [9.17, 15) is 14.4 Å². The quantitative estimate of drug-likeness (QED) is 0.782. The zero-order valence-electron chi connectivity index (χ0n) is 16.1. The molecule has 6 heteroatoms. The second-order valence-corrected chi connectivity index (χ2v) is 7.18. The maximum atomic E-state index is 12.3. The highest BCUT2D eigenvalue weighted by Gasteiger charge is 2.35. The summed E-state index contributed by atoms with van der Waals surface area (Å²) in [7, 11) is 0. The first-order valence-electron chi connectivity index (χ1n) is 9.27. The van der Waals surface area contributed by atoms with Crippen LogP contribution in [0.15, 0.2) is 48.5 Å². The lowest BCUT2D eigenvalue weighted by molar-refractivity contribution is -0.151. The summed E-state index contributed by atoms with van der Waals surface area (Å²) in [5.74, 6) is -1.53. The van der Waals surface area contributed by atoms with Crippen LogP contribution in [0.25, 0.3) is 0 Å². The summed E-state index contributed by atoms with van der Waals surface area (Å²) in [5.41, 5.74) is 3.91. The van der Waals surface area contributed by atoms with Crippen LogP contribution < -0.4 is 5.32 Å². The molecule has 0 bridgehead atoms. The fraction of sp³-hybridized carbons (Fsp3) is 0.318. The maximum absolute atomic E-state index is 12.3. The van der Waals surface area contributed by atoms with Gasteiger partial charge in [0.25, 0.3) is 5.91 Å². The second kappa shape index (κ2) is 8.69. The number of carbonyl (C=O) groups is 3. The number of rotatable bonds is 6. The molecule has 1 atom stereocenters. The van der Waals surface area contributed by atoms with Crippen molar-refractivity contribution < 1.29 is 19.1 Å². The Bertz CT molecular complexity index is 859. The Morgan fingerprint density at radius 2 is 1.64 bits per heavy atom. The van der Waals surface area contributed by atoms with Crippen LogP contribution in [0.5, 0.6) is 0 Å². The number of anilines is 1. The highest BCUT2D eigenvalue weighted by atomic mass is 16.5. The van der Waals surface area contributed by atoms with Crippen molar-refractivity contribution in [1.82, 2.24) is 4.90 Å². The Balaban J connectivity index is 1.46. The van der Waals surface area contributed by atoms with Gasteiger partial charge in [-0.25, -0.2) is 0 Å². The number of hydrogen-bond acceptors (Lipinski definition) is 4. The zero-order valence-corrected chi connectivity index (χ0v) is 16.1. The van der Waals surface area contributed by atoms with Crippen LogP contribution in [0.2, 0.25) is 0 Å². The molecule has 2 aromatic rings. The van der Waals surface area contributed by atoms with Crippen LogP contribution in [0, 0.1) is 19.8 Å². The molecule has 28 heavy (non-hydrogen) atoms. The summed E-state index contributed by atoms with van der Waals surface area (Å²) in [6, 6.07) is 15.3. The molecule has 1 aliphatic heterocycles. The van der Waals surface area contributed by atoms with E-state index < -0.39 is 17.8 Å². The van der Waals surface area contributed by atoms with Crippen molar-refractivity contribution in [3.63, 3.8) is 0 Å². The molecular weight excluding hydrogens is 356 g/mol. The minimum absolute atomic E-state index is 0.0772. The molecule has 0 aromatic heterocycles. The molecule has 0 saturated carbocycles. The number of aryl methyl sites for hydroxylation is 2. The largest absolute Gasteiger partial charge is 0.455 e. The number of hydrogen-bond donors (Lipinski definition) is 1. The van der Waals surface area contributed by atoms with Crippen molar-refractivity contribution in [2.24, 2.45) is 5.92 Å². The lowest BCUT2D eigenvalue weighted by Gasteiger charge is -2.16. The van der Waals surface area contributed by atoms with Gasteiger partial charge in [0.2, 0.25) is 5.91 Å². The Morgan fingerprint density at radius 3 is 2.29 bits per heavy atom. The Morgan fingerprint density at radius 1 is 1.04 bits per heavy atom. The van der Waals surface area contributed by atoms with Gasteiger partial charge < -0.3 is 15.0 Å². The molecule has 1 fully saturated rings. The number of benzene rings is 2. The molecule has 1 saturated heterocycles. The topological polar surface area (TPSA) is 75.7 Å². The number of nitrogens with one attached hydrogen (secondary N) is 1. The van der Waals surface area contributed by atoms with Crippen LogP contribution in [0.3, 0.4) is 0 Å². The van der Waals surface area contributed by atoms with Crippen molar-refractivity contribution in [1.29, 1.82) is 0 Å². The van der Waals surface area contributed by atoms with Gasteiger partial charge >= 0.3 is 5.97 Å². The van der Waals surface area contributed by atoms with Gasteiger partial charge in [-0.3, -0.25) is 14.4 Å². The zero-order chi connectivity index (χ0) is 20.1. The number of esters is 1. The number of likely N-dealkylation sites (tertiary alicyclic amines) is 1. The average molecular weight is 380 g/mol. The SMILES string of the molecule is Cc1ccc(CN2C[C@H](C(=O)OCC(=O)Nc3ccc(C)cc3)CC2=O)cc1. The number of amides is 2. The summed E-state index contributed by atoms with van der Waals surface area (Å²) in [4.78, 5) is 38.1. The van der Waals surface area contributed by atoms with Crippen LogP contribution >= 0.6 is 0 Å². The van der Waals surface area contributed by atoms with Crippen molar-refractivity contribution >= 4 is 23.5 Å². The molecule has 146 valence electrons. The highest BCUT2D eigenvalue weighted by molar-refractivity contribution is 5.93. The summed E-state index contributed by atoms with van der Waals surface area (Å²) in [6.45, 7) is 4.38. The van der Waals surface area contributed by atoms with E-state index in [1.807, 2.05) is 50.2 Å². The normalized spacial score (nSPS) is 16.1. The van der Waals surface area contributed by atoms with E-state index in [1.165, 1.54) is 0 Å². The Kier molecular flexibility index (Phi) is 6.09. The van der Waals surface area contributed by atoms with Crippen molar-refractivity contribution in [2.45, 2.75) is 26.8 Å². The van der Waals surface area contributed by atoms with E-state index in [-0.39, 0.29) is 18.9 Å². The number of nitrogens with zero attached hydrogens (tertiary/aromatic N) is 1. The smallest absolute Gasteiger partial charge is 0.311 e. The van der Waals surface area contributed by atoms with Gasteiger partial charge in [0.1, 0.15) is 0 Å². The minimum Gasteiger partial charge on any atom is -0.455 e. The summed E-state index contributed by atoms with van der Waals surface area (Å²) in [5, 5.41) is 2.68. The van der Waals surface area contributed by atoms with Gasteiger partial charge in [0.15, 0.2) is 6.61 Å². The van der Waals surface area contributed by atoms with E-state index in [1.54, 1.807) is 17.0 Å². The van der Waals surface area contributed by atoms with Gasteiger partial charge in [-0.05, 0) is 31.5 Å². The Labute approximate surface area is 164 Å². The number of carbonyl (C=O) groups excluding carboxylic acids is 3. The van der Waals surface area contributed by atoms with Gasteiger partial charge in [0.05, 0.1) is 5.92 Å². The molecular formula is C22H24N2O4. The van der Waals surface area contributed by atoms with E-state index in [0.717, 1.165) is 16.7 Å². The summed E-state index contributed by atoms with van der Waals surface area (Å²) in [6.07, 6.45) is 0.115. The van der Waals surface area contributed by atoms with E-state index >= 15 is 0 Å².